The van der Waals surface area contributed by atoms with E-state index < -0.39 is 0 Å². The molecule has 0 aliphatic heterocycles. The molecule has 4 heteroatoms. The average Bonchev–Trinajstić information content (AvgIpc) is 2.77. The fraction of sp³-hybridized carbons (Fsp3) is 0.192. The quantitative estimate of drug-likeness (QED) is 0.451. The molecule has 0 atom stereocenters. The van der Waals surface area contributed by atoms with Crippen molar-refractivity contribution in [1.82, 2.24) is 0 Å². The van der Waals surface area contributed by atoms with E-state index in [2.05, 4.69) is 19.2 Å². The number of benzene rings is 3. The smallest absolute Gasteiger partial charge is 0.248 e. The van der Waals surface area contributed by atoms with Crippen LogP contribution in [0, 0.1) is 5.92 Å². The Morgan fingerprint density at radius 3 is 2.17 bits per heavy atom. The number of rotatable bonds is 9. The van der Waals surface area contributed by atoms with E-state index in [-0.39, 0.29) is 5.91 Å². The molecule has 0 saturated carbocycles. The van der Waals surface area contributed by atoms with Gasteiger partial charge in [-0.1, -0.05) is 56.3 Å². The molecule has 0 bridgehead atoms. The van der Waals surface area contributed by atoms with E-state index in [0.29, 0.717) is 19.1 Å². The number of carbonyl (C=O) groups is 1. The highest BCUT2D eigenvalue weighted by Gasteiger charge is 2.01. The molecule has 1 amide bonds. The van der Waals surface area contributed by atoms with Crippen molar-refractivity contribution in [3.63, 3.8) is 0 Å². The van der Waals surface area contributed by atoms with Gasteiger partial charge in [-0.05, 0) is 59.5 Å². The van der Waals surface area contributed by atoms with Crippen LogP contribution in [-0.4, -0.2) is 12.5 Å². The Morgan fingerprint density at radius 1 is 0.867 bits per heavy atom. The number of anilines is 1. The lowest BCUT2D eigenvalue weighted by atomic mass is 10.2. The predicted molar refractivity (Wildman–Crippen MR) is 122 cm³/mol. The topological polar surface area (TPSA) is 47.6 Å². The Morgan fingerprint density at radius 2 is 1.50 bits per heavy atom. The van der Waals surface area contributed by atoms with E-state index in [4.69, 9.17) is 9.47 Å². The van der Waals surface area contributed by atoms with E-state index in [0.717, 1.165) is 28.3 Å². The number of carbonyl (C=O) groups excluding carboxylic acids is 1. The Bertz CT molecular complexity index is 946. The summed E-state index contributed by atoms with van der Waals surface area (Å²) in [4.78, 5) is 12.2. The van der Waals surface area contributed by atoms with Crippen LogP contribution in [0.5, 0.6) is 11.5 Å². The average molecular weight is 402 g/mol. The zero-order valence-electron chi connectivity index (χ0n) is 17.4. The van der Waals surface area contributed by atoms with Crippen molar-refractivity contribution in [3.05, 3.63) is 96.1 Å². The minimum Gasteiger partial charge on any atom is -0.493 e. The van der Waals surface area contributed by atoms with Crippen LogP contribution in [0.1, 0.15) is 25.0 Å². The van der Waals surface area contributed by atoms with Crippen molar-refractivity contribution in [3.8, 4) is 11.5 Å². The normalized spacial score (nSPS) is 10.9. The zero-order chi connectivity index (χ0) is 21.2. The number of amides is 1. The predicted octanol–water partition coefficient (Wildman–Crippen LogP) is 5.95. The van der Waals surface area contributed by atoms with Gasteiger partial charge in [0, 0.05) is 11.8 Å². The van der Waals surface area contributed by atoms with Gasteiger partial charge in [0.1, 0.15) is 18.1 Å². The molecule has 0 aliphatic rings. The standard InChI is InChI=1S/C26H27NO3/c1-20(2)18-29-25-15-11-23(12-16-25)27-26(28)17-10-21-8-13-24(14-9-21)30-19-22-6-4-3-5-7-22/h3-17,20H,18-19H2,1-2H3,(H,27,28)/b17-10+. The molecular weight excluding hydrogens is 374 g/mol. The van der Waals surface area contributed by atoms with Gasteiger partial charge in [-0.25, -0.2) is 0 Å². The number of hydrogen-bond donors (Lipinski definition) is 1. The third-order valence-electron chi connectivity index (χ3n) is 4.26. The second kappa shape index (κ2) is 10.9. The summed E-state index contributed by atoms with van der Waals surface area (Å²) in [5.41, 5.74) is 2.78. The Hall–Kier alpha value is -3.53. The van der Waals surface area contributed by atoms with Gasteiger partial charge in [0.05, 0.1) is 6.61 Å². The highest BCUT2D eigenvalue weighted by atomic mass is 16.5. The van der Waals surface area contributed by atoms with Crippen molar-refractivity contribution < 1.29 is 14.3 Å². The van der Waals surface area contributed by atoms with Gasteiger partial charge in [0.15, 0.2) is 0 Å². The lowest BCUT2D eigenvalue weighted by Crippen LogP contribution is -2.08. The number of ether oxygens (including phenoxy) is 2. The van der Waals surface area contributed by atoms with Crippen LogP contribution < -0.4 is 14.8 Å². The summed E-state index contributed by atoms with van der Waals surface area (Å²) in [6.07, 6.45) is 3.29. The van der Waals surface area contributed by atoms with Crippen LogP contribution in [-0.2, 0) is 11.4 Å². The fourth-order valence-corrected chi connectivity index (χ4v) is 2.67. The number of nitrogens with one attached hydrogen (secondary N) is 1. The second-order valence-electron chi connectivity index (χ2n) is 7.40. The molecule has 0 heterocycles. The van der Waals surface area contributed by atoms with Crippen molar-refractivity contribution in [2.75, 3.05) is 11.9 Å². The summed E-state index contributed by atoms with van der Waals surface area (Å²) in [6.45, 7) is 5.41. The highest BCUT2D eigenvalue weighted by molar-refractivity contribution is 6.01. The summed E-state index contributed by atoms with van der Waals surface area (Å²) in [7, 11) is 0. The Balaban J connectivity index is 1.47. The lowest BCUT2D eigenvalue weighted by molar-refractivity contribution is -0.111. The summed E-state index contributed by atoms with van der Waals surface area (Å²) in [5.74, 6) is 1.88. The van der Waals surface area contributed by atoms with Gasteiger partial charge in [-0.3, -0.25) is 4.79 Å². The SMILES string of the molecule is CC(C)COc1ccc(NC(=O)/C=C/c2ccc(OCc3ccccc3)cc2)cc1. The summed E-state index contributed by atoms with van der Waals surface area (Å²) in [5, 5.41) is 2.85. The molecule has 0 saturated heterocycles. The second-order valence-corrected chi connectivity index (χ2v) is 7.40. The molecule has 0 aromatic heterocycles. The first-order valence-electron chi connectivity index (χ1n) is 10.1. The van der Waals surface area contributed by atoms with Gasteiger partial charge >= 0.3 is 0 Å². The van der Waals surface area contributed by atoms with Crippen LogP contribution in [0.3, 0.4) is 0 Å². The molecular formula is C26H27NO3. The molecule has 0 fully saturated rings. The van der Waals surface area contributed by atoms with Gasteiger partial charge in [-0.2, -0.15) is 0 Å². The van der Waals surface area contributed by atoms with E-state index in [9.17, 15) is 4.79 Å². The molecule has 3 aromatic carbocycles. The maximum Gasteiger partial charge on any atom is 0.248 e. The van der Waals surface area contributed by atoms with Gasteiger partial charge in [0.25, 0.3) is 0 Å². The fourth-order valence-electron chi connectivity index (χ4n) is 2.67. The molecule has 0 spiro atoms. The molecule has 0 radical (unpaired) electrons. The number of hydrogen-bond acceptors (Lipinski definition) is 3. The summed E-state index contributed by atoms with van der Waals surface area (Å²) < 4.78 is 11.4. The molecule has 0 aliphatic carbocycles. The van der Waals surface area contributed by atoms with E-state index in [1.807, 2.05) is 78.9 Å². The molecule has 1 N–H and O–H groups in total. The van der Waals surface area contributed by atoms with Crippen molar-refractivity contribution in [2.45, 2.75) is 20.5 Å². The first kappa shape index (κ1) is 21.2. The molecule has 4 nitrogen and oxygen atoms in total. The maximum atomic E-state index is 12.2. The highest BCUT2D eigenvalue weighted by Crippen LogP contribution is 2.17. The van der Waals surface area contributed by atoms with Crippen LogP contribution in [0.2, 0.25) is 0 Å². The molecule has 30 heavy (non-hydrogen) atoms. The molecule has 0 unspecified atom stereocenters. The molecule has 3 aromatic rings. The summed E-state index contributed by atoms with van der Waals surface area (Å²) in [6, 6.07) is 25.1. The van der Waals surface area contributed by atoms with E-state index in [1.54, 1.807) is 6.08 Å². The van der Waals surface area contributed by atoms with Crippen LogP contribution in [0.25, 0.3) is 6.08 Å². The maximum absolute atomic E-state index is 12.2. The Labute approximate surface area is 178 Å². The van der Waals surface area contributed by atoms with Gasteiger partial charge < -0.3 is 14.8 Å². The van der Waals surface area contributed by atoms with Gasteiger partial charge in [-0.15, -0.1) is 0 Å². The van der Waals surface area contributed by atoms with Crippen LogP contribution in [0.4, 0.5) is 5.69 Å². The van der Waals surface area contributed by atoms with Crippen LogP contribution in [0.15, 0.2) is 84.9 Å². The third kappa shape index (κ3) is 7.13. The van der Waals surface area contributed by atoms with Crippen molar-refractivity contribution >= 4 is 17.7 Å². The largest absolute Gasteiger partial charge is 0.493 e. The van der Waals surface area contributed by atoms with Gasteiger partial charge in [0.2, 0.25) is 5.91 Å². The van der Waals surface area contributed by atoms with Crippen molar-refractivity contribution in [2.24, 2.45) is 5.92 Å². The van der Waals surface area contributed by atoms with E-state index in [1.165, 1.54) is 6.08 Å². The first-order valence-corrected chi connectivity index (χ1v) is 10.1. The summed E-state index contributed by atoms with van der Waals surface area (Å²) >= 11 is 0. The molecule has 154 valence electrons. The first-order chi connectivity index (χ1) is 14.6. The minimum atomic E-state index is -0.185. The van der Waals surface area contributed by atoms with E-state index >= 15 is 0 Å². The minimum absolute atomic E-state index is 0.185. The van der Waals surface area contributed by atoms with Crippen LogP contribution >= 0.6 is 0 Å². The third-order valence-corrected chi connectivity index (χ3v) is 4.26. The lowest BCUT2D eigenvalue weighted by Gasteiger charge is -2.09. The monoisotopic (exact) mass is 401 g/mol. The van der Waals surface area contributed by atoms with Crippen molar-refractivity contribution in [1.29, 1.82) is 0 Å². The Kier molecular flexibility index (Phi) is 7.67. The zero-order valence-corrected chi connectivity index (χ0v) is 17.4. The molecule has 3 rings (SSSR count).